The number of thioether (sulfide) groups is 1. The summed E-state index contributed by atoms with van der Waals surface area (Å²) in [7, 11) is 0. The molecule has 2 rings (SSSR count). The lowest BCUT2D eigenvalue weighted by molar-refractivity contribution is 0.925. The van der Waals surface area contributed by atoms with Gasteiger partial charge < -0.3 is 5.32 Å². The highest BCUT2D eigenvalue weighted by Crippen LogP contribution is 2.46. The number of rotatable bonds is 4. The Bertz CT molecular complexity index is 310. The van der Waals surface area contributed by atoms with Crippen LogP contribution in [0.3, 0.4) is 0 Å². The predicted molar refractivity (Wildman–Crippen MR) is 68.7 cm³/mol. The van der Waals surface area contributed by atoms with Crippen LogP contribution in [0.4, 0.5) is 5.95 Å². The van der Waals surface area contributed by atoms with Gasteiger partial charge in [0.1, 0.15) is 0 Å². The smallest absolute Gasteiger partial charge is 0.222 e. The van der Waals surface area contributed by atoms with E-state index in [4.69, 9.17) is 0 Å². The SMILES string of the molecule is CSC1(CNc2ncc(I)cn2)CC1. The van der Waals surface area contributed by atoms with Crippen LogP contribution in [0.5, 0.6) is 0 Å². The summed E-state index contributed by atoms with van der Waals surface area (Å²) in [5, 5.41) is 3.28. The van der Waals surface area contributed by atoms with Gasteiger partial charge in [-0.2, -0.15) is 11.8 Å². The molecule has 76 valence electrons. The first-order valence-corrected chi connectivity index (χ1v) is 6.81. The van der Waals surface area contributed by atoms with E-state index in [9.17, 15) is 0 Å². The number of hydrogen-bond acceptors (Lipinski definition) is 4. The molecule has 0 atom stereocenters. The van der Waals surface area contributed by atoms with E-state index in [-0.39, 0.29) is 0 Å². The zero-order valence-corrected chi connectivity index (χ0v) is 10.9. The molecule has 0 bridgehead atoms. The molecule has 0 radical (unpaired) electrons. The molecule has 0 amide bonds. The summed E-state index contributed by atoms with van der Waals surface area (Å²) >= 11 is 4.14. The molecular formula is C9H12IN3S. The van der Waals surface area contributed by atoms with Gasteiger partial charge in [0, 0.05) is 27.3 Å². The van der Waals surface area contributed by atoms with Gasteiger partial charge in [0.25, 0.3) is 0 Å². The monoisotopic (exact) mass is 321 g/mol. The Morgan fingerprint density at radius 2 is 2.14 bits per heavy atom. The van der Waals surface area contributed by atoms with E-state index in [0.29, 0.717) is 4.75 Å². The Morgan fingerprint density at radius 1 is 1.50 bits per heavy atom. The minimum atomic E-state index is 0.465. The maximum absolute atomic E-state index is 4.20. The van der Waals surface area contributed by atoms with Gasteiger partial charge in [0.05, 0.1) is 0 Å². The first-order chi connectivity index (χ1) is 6.74. The Hall–Kier alpha value is -0.0400. The summed E-state index contributed by atoms with van der Waals surface area (Å²) in [5.41, 5.74) is 0. The van der Waals surface area contributed by atoms with Crippen LogP contribution in [-0.2, 0) is 0 Å². The van der Waals surface area contributed by atoms with Crippen LogP contribution in [-0.4, -0.2) is 27.5 Å². The molecule has 1 aromatic heterocycles. The molecule has 1 N–H and O–H groups in total. The van der Waals surface area contributed by atoms with E-state index in [0.717, 1.165) is 16.1 Å². The van der Waals surface area contributed by atoms with Crippen molar-refractivity contribution in [3.05, 3.63) is 16.0 Å². The van der Waals surface area contributed by atoms with Crippen molar-refractivity contribution in [2.24, 2.45) is 0 Å². The van der Waals surface area contributed by atoms with Gasteiger partial charge in [-0.3, -0.25) is 0 Å². The average Bonchev–Trinajstić information content (AvgIpc) is 2.98. The largest absolute Gasteiger partial charge is 0.353 e. The van der Waals surface area contributed by atoms with Crippen LogP contribution < -0.4 is 5.32 Å². The zero-order chi connectivity index (χ0) is 10.0. The number of anilines is 1. The Balaban J connectivity index is 1.89. The van der Waals surface area contributed by atoms with Gasteiger partial charge in [-0.25, -0.2) is 9.97 Å². The fourth-order valence-corrected chi connectivity index (χ4v) is 2.24. The van der Waals surface area contributed by atoms with Crippen molar-refractivity contribution >= 4 is 40.3 Å². The molecule has 0 spiro atoms. The molecule has 1 aromatic rings. The topological polar surface area (TPSA) is 37.8 Å². The fourth-order valence-electron chi connectivity index (χ4n) is 1.24. The number of nitrogens with one attached hydrogen (secondary N) is 1. The second-order valence-corrected chi connectivity index (χ2v) is 5.99. The van der Waals surface area contributed by atoms with Crippen LogP contribution in [0.1, 0.15) is 12.8 Å². The first-order valence-electron chi connectivity index (χ1n) is 4.51. The van der Waals surface area contributed by atoms with Crippen molar-refractivity contribution in [3.63, 3.8) is 0 Å². The minimum absolute atomic E-state index is 0.465. The van der Waals surface area contributed by atoms with Crippen molar-refractivity contribution in [2.75, 3.05) is 18.1 Å². The van der Waals surface area contributed by atoms with E-state index in [1.165, 1.54) is 12.8 Å². The highest BCUT2D eigenvalue weighted by Gasteiger charge is 2.41. The van der Waals surface area contributed by atoms with Gasteiger partial charge >= 0.3 is 0 Å². The third-order valence-corrected chi connectivity index (χ3v) is 4.41. The fraction of sp³-hybridized carbons (Fsp3) is 0.556. The zero-order valence-electron chi connectivity index (χ0n) is 7.96. The van der Waals surface area contributed by atoms with Gasteiger partial charge in [-0.05, 0) is 41.7 Å². The summed E-state index contributed by atoms with van der Waals surface area (Å²) < 4.78 is 1.53. The van der Waals surface area contributed by atoms with Crippen LogP contribution in [0.25, 0.3) is 0 Å². The molecule has 0 saturated heterocycles. The van der Waals surface area contributed by atoms with E-state index >= 15 is 0 Å². The van der Waals surface area contributed by atoms with Gasteiger partial charge in [0.2, 0.25) is 5.95 Å². The maximum atomic E-state index is 4.20. The van der Waals surface area contributed by atoms with Crippen LogP contribution in [0.15, 0.2) is 12.4 Å². The van der Waals surface area contributed by atoms with Crippen molar-refractivity contribution in [1.82, 2.24) is 9.97 Å². The van der Waals surface area contributed by atoms with E-state index in [1.54, 1.807) is 0 Å². The molecule has 14 heavy (non-hydrogen) atoms. The molecule has 1 aliphatic carbocycles. The average molecular weight is 321 g/mol. The number of hydrogen-bond donors (Lipinski definition) is 1. The molecule has 1 saturated carbocycles. The minimum Gasteiger partial charge on any atom is -0.353 e. The third kappa shape index (κ3) is 2.50. The third-order valence-electron chi connectivity index (χ3n) is 2.43. The number of halogens is 1. The standard InChI is InChI=1S/C9H12IN3S/c1-14-9(2-3-9)6-13-8-11-4-7(10)5-12-8/h4-5H,2-3,6H2,1H3,(H,11,12,13). The van der Waals surface area contributed by atoms with Gasteiger partial charge in [0.15, 0.2) is 0 Å². The molecule has 5 heteroatoms. The summed E-state index contributed by atoms with van der Waals surface area (Å²) in [6.45, 7) is 0.981. The highest BCUT2D eigenvalue weighted by molar-refractivity contribution is 14.1. The Morgan fingerprint density at radius 3 is 2.64 bits per heavy atom. The molecule has 1 aliphatic rings. The molecule has 3 nitrogen and oxygen atoms in total. The summed E-state index contributed by atoms with van der Waals surface area (Å²) in [6, 6.07) is 0. The number of aromatic nitrogens is 2. The van der Waals surface area contributed by atoms with Crippen molar-refractivity contribution in [2.45, 2.75) is 17.6 Å². The van der Waals surface area contributed by atoms with E-state index in [2.05, 4.69) is 44.1 Å². The van der Waals surface area contributed by atoms with Crippen LogP contribution in [0.2, 0.25) is 0 Å². The Labute approximate surface area is 102 Å². The quantitative estimate of drug-likeness (QED) is 0.864. The summed E-state index contributed by atoms with van der Waals surface area (Å²) in [4.78, 5) is 8.41. The molecular weight excluding hydrogens is 309 g/mol. The lowest BCUT2D eigenvalue weighted by atomic mass is 10.4. The summed E-state index contributed by atoms with van der Waals surface area (Å²) in [6.07, 6.45) is 8.45. The predicted octanol–water partition coefficient (Wildman–Crippen LogP) is 2.39. The lowest BCUT2D eigenvalue weighted by Crippen LogP contribution is -2.18. The number of nitrogens with zero attached hydrogens (tertiary/aromatic N) is 2. The van der Waals surface area contributed by atoms with Gasteiger partial charge in [-0.1, -0.05) is 0 Å². The van der Waals surface area contributed by atoms with Crippen molar-refractivity contribution in [1.29, 1.82) is 0 Å². The van der Waals surface area contributed by atoms with Crippen LogP contribution >= 0.6 is 34.4 Å². The molecule has 1 heterocycles. The Kier molecular flexibility index (Phi) is 3.16. The van der Waals surface area contributed by atoms with E-state index < -0.39 is 0 Å². The van der Waals surface area contributed by atoms with E-state index in [1.807, 2.05) is 24.2 Å². The molecule has 0 unspecified atom stereocenters. The van der Waals surface area contributed by atoms with Crippen LogP contribution in [0, 0.1) is 3.57 Å². The van der Waals surface area contributed by atoms with Crippen molar-refractivity contribution in [3.8, 4) is 0 Å². The molecule has 1 fully saturated rings. The second-order valence-electron chi connectivity index (χ2n) is 3.47. The highest BCUT2D eigenvalue weighted by atomic mass is 127. The second kappa shape index (κ2) is 4.22. The molecule has 0 aromatic carbocycles. The normalized spacial score (nSPS) is 17.9. The maximum Gasteiger partial charge on any atom is 0.222 e. The van der Waals surface area contributed by atoms with Gasteiger partial charge in [-0.15, -0.1) is 0 Å². The lowest BCUT2D eigenvalue weighted by Gasteiger charge is -2.12. The van der Waals surface area contributed by atoms with Crippen molar-refractivity contribution < 1.29 is 0 Å². The summed E-state index contributed by atoms with van der Waals surface area (Å²) in [5.74, 6) is 0.741. The first kappa shape index (κ1) is 10.5. The molecule has 0 aliphatic heterocycles.